The molecule has 29 heavy (non-hydrogen) atoms. The summed E-state index contributed by atoms with van der Waals surface area (Å²) < 4.78 is 5.29. The summed E-state index contributed by atoms with van der Waals surface area (Å²) in [6.07, 6.45) is 0.980. The number of hydrogen-bond donors (Lipinski definition) is 2. The minimum atomic E-state index is -1.39. The number of amides is 1. The second-order valence-corrected chi connectivity index (χ2v) is 8.45. The van der Waals surface area contributed by atoms with Crippen molar-refractivity contribution < 1.29 is 59.2 Å². The van der Waals surface area contributed by atoms with Gasteiger partial charge in [-0.15, -0.1) is 11.3 Å². The summed E-state index contributed by atoms with van der Waals surface area (Å²) in [6, 6.07) is -0.359. The molecular formula is C18H21N2NaO6S2. The molecule has 2 N–H and O–H groups in total. The van der Waals surface area contributed by atoms with E-state index in [1.165, 1.54) is 28.0 Å². The van der Waals surface area contributed by atoms with Crippen LogP contribution in [0.1, 0.15) is 24.4 Å². The van der Waals surface area contributed by atoms with Gasteiger partial charge in [-0.2, -0.15) is 0 Å². The molecule has 3 heterocycles. The molecule has 2 aliphatic rings. The van der Waals surface area contributed by atoms with Crippen molar-refractivity contribution in [2.24, 2.45) is 11.8 Å². The van der Waals surface area contributed by atoms with E-state index in [0.717, 1.165) is 10.6 Å². The van der Waals surface area contributed by atoms with Crippen LogP contribution in [0.2, 0.25) is 0 Å². The number of carboxylic acids is 1. The fourth-order valence-corrected chi connectivity index (χ4v) is 5.37. The van der Waals surface area contributed by atoms with E-state index in [9.17, 15) is 19.8 Å². The first-order chi connectivity index (χ1) is 13.4. The van der Waals surface area contributed by atoms with Crippen LogP contribution in [0.5, 0.6) is 0 Å². The fraction of sp³-hybridized carbons (Fsp3) is 0.500. The molecule has 0 spiro atoms. The minimum absolute atomic E-state index is 0. The Morgan fingerprint density at radius 2 is 2.28 bits per heavy atom. The number of hydrogen-bond acceptors (Lipinski definition) is 9. The molecular weight excluding hydrogens is 427 g/mol. The molecule has 11 heteroatoms. The first kappa shape index (κ1) is 24.5. The van der Waals surface area contributed by atoms with Crippen molar-refractivity contribution in [2.45, 2.75) is 32.6 Å². The van der Waals surface area contributed by atoms with Crippen LogP contribution in [-0.2, 0) is 20.9 Å². The quantitative estimate of drug-likeness (QED) is 0.236. The van der Waals surface area contributed by atoms with E-state index in [4.69, 9.17) is 9.84 Å². The predicted molar refractivity (Wildman–Crippen MR) is 102 cm³/mol. The SMILES string of the molecule is C[C@@H](O)[C@H]1C(=O)N2C(C(=O)[O-])=C(S/C=C\c3scnc3COCCO)[C@H](C)[C@H]12.[Na+]. The number of thiazole rings is 1. The molecule has 4 atom stereocenters. The van der Waals surface area contributed by atoms with E-state index < -0.39 is 18.0 Å². The molecule has 3 rings (SSSR count). The number of carbonyl (C=O) groups is 2. The minimum Gasteiger partial charge on any atom is -0.543 e. The molecule has 1 aromatic rings. The molecule has 1 amide bonds. The van der Waals surface area contributed by atoms with E-state index in [1.54, 1.807) is 17.8 Å². The molecule has 0 aromatic carbocycles. The van der Waals surface area contributed by atoms with Gasteiger partial charge in [-0.3, -0.25) is 4.79 Å². The predicted octanol–water partition coefficient (Wildman–Crippen LogP) is -2.82. The number of aromatic nitrogens is 1. The Kier molecular flexibility index (Phi) is 8.92. The molecule has 1 aromatic heterocycles. The summed E-state index contributed by atoms with van der Waals surface area (Å²) in [5.41, 5.74) is 2.31. The zero-order valence-electron chi connectivity index (χ0n) is 16.4. The summed E-state index contributed by atoms with van der Waals surface area (Å²) in [4.78, 5) is 30.8. The van der Waals surface area contributed by atoms with Crippen LogP contribution in [0.3, 0.4) is 0 Å². The van der Waals surface area contributed by atoms with Gasteiger partial charge in [0, 0.05) is 10.8 Å². The molecule has 0 unspecified atom stereocenters. The zero-order valence-corrected chi connectivity index (χ0v) is 20.0. The number of β-lactam (4-membered cyclic amide) rings is 1. The third kappa shape index (κ3) is 4.80. The van der Waals surface area contributed by atoms with Crippen LogP contribution in [0.25, 0.3) is 6.08 Å². The van der Waals surface area contributed by atoms with Crippen LogP contribution in [0.15, 0.2) is 21.5 Å². The normalized spacial score (nSPS) is 24.5. The van der Waals surface area contributed by atoms with E-state index in [0.29, 0.717) is 4.91 Å². The van der Waals surface area contributed by atoms with Gasteiger partial charge in [0.2, 0.25) is 5.91 Å². The van der Waals surface area contributed by atoms with Gasteiger partial charge < -0.3 is 29.8 Å². The average molecular weight is 448 g/mol. The maximum Gasteiger partial charge on any atom is 1.00 e. The molecule has 0 radical (unpaired) electrons. The molecule has 1 saturated heterocycles. The third-order valence-electron chi connectivity index (χ3n) is 4.86. The smallest absolute Gasteiger partial charge is 0.543 e. The number of fused-ring (bicyclic) bond motifs is 1. The zero-order chi connectivity index (χ0) is 20.4. The standard InChI is InChI=1S/C18H22N2O6S2.Na/c1-9-14-13(10(2)22)17(23)20(14)15(18(24)25)16(9)27-6-3-12-11(19-8-28-12)7-26-5-4-21;/h3,6,8-10,13-14,21-22H,4-5,7H2,1-2H3,(H,24,25);/q;+1/p-1/b6-3-;/t9-,10-,13-,14-;/m1./s1. The van der Waals surface area contributed by atoms with Gasteiger partial charge in [0.05, 0.1) is 65.6 Å². The number of aliphatic hydroxyl groups excluding tert-OH is 2. The van der Waals surface area contributed by atoms with Crippen molar-refractivity contribution in [3.05, 3.63) is 32.1 Å². The first-order valence-corrected chi connectivity index (χ1v) is 10.5. The fourth-order valence-electron chi connectivity index (χ4n) is 3.59. The van der Waals surface area contributed by atoms with E-state index in [2.05, 4.69) is 4.98 Å². The van der Waals surface area contributed by atoms with E-state index in [-0.39, 0.29) is 72.9 Å². The molecule has 0 saturated carbocycles. The van der Waals surface area contributed by atoms with Gasteiger partial charge in [0.15, 0.2) is 0 Å². The molecule has 0 aliphatic carbocycles. The largest absolute Gasteiger partial charge is 1.00 e. The van der Waals surface area contributed by atoms with Crippen molar-refractivity contribution in [3.8, 4) is 0 Å². The average Bonchev–Trinajstić information content (AvgIpc) is 3.16. The van der Waals surface area contributed by atoms with Crippen LogP contribution < -0.4 is 34.7 Å². The molecule has 152 valence electrons. The van der Waals surface area contributed by atoms with Gasteiger partial charge in [0.25, 0.3) is 0 Å². The molecule has 2 aliphatic heterocycles. The summed E-state index contributed by atoms with van der Waals surface area (Å²) >= 11 is 2.65. The second-order valence-electron chi connectivity index (χ2n) is 6.61. The van der Waals surface area contributed by atoms with Crippen molar-refractivity contribution >= 4 is 41.1 Å². The van der Waals surface area contributed by atoms with Crippen molar-refractivity contribution in [3.63, 3.8) is 0 Å². The van der Waals surface area contributed by atoms with Crippen LogP contribution >= 0.6 is 23.1 Å². The molecule has 1 fully saturated rings. The Balaban J connectivity index is 0.00000300. The summed E-state index contributed by atoms with van der Waals surface area (Å²) in [7, 11) is 0. The number of carboxylic acid groups (broad SMARTS) is 1. The van der Waals surface area contributed by atoms with Gasteiger partial charge in [0.1, 0.15) is 0 Å². The Labute approximate surface area is 198 Å². The number of aliphatic carboxylic acids is 1. The maximum absolute atomic E-state index is 12.3. The second kappa shape index (κ2) is 10.5. The first-order valence-electron chi connectivity index (χ1n) is 8.79. The van der Waals surface area contributed by atoms with Gasteiger partial charge in [-0.1, -0.05) is 18.7 Å². The van der Waals surface area contributed by atoms with Gasteiger partial charge in [-0.05, 0) is 18.4 Å². The van der Waals surface area contributed by atoms with Crippen molar-refractivity contribution in [2.75, 3.05) is 13.2 Å². The summed E-state index contributed by atoms with van der Waals surface area (Å²) in [5, 5.41) is 32.0. The number of aliphatic hydroxyl groups is 2. The van der Waals surface area contributed by atoms with E-state index in [1.807, 2.05) is 13.0 Å². The van der Waals surface area contributed by atoms with Gasteiger partial charge >= 0.3 is 29.6 Å². The molecule has 8 nitrogen and oxygen atoms in total. The maximum atomic E-state index is 12.3. The topological polar surface area (TPSA) is 123 Å². The van der Waals surface area contributed by atoms with Crippen molar-refractivity contribution in [1.29, 1.82) is 0 Å². The monoisotopic (exact) mass is 448 g/mol. The number of rotatable bonds is 9. The Morgan fingerprint density at radius 3 is 2.90 bits per heavy atom. The Bertz CT molecular complexity index is 825. The Morgan fingerprint density at radius 1 is 1.55 bits per heavy atom. The summed E-state index contributed by atoms with van der Waals surface area (Å²) in [6.45, 7) is 3.84. The number of carbonyl (C=O) groups excluding carboxylic acids is 2. The van der Waals surface area contributed by atoms with E-state index >= 15 is 0 Å². The van der Waals surface area contributed by atoms with Crippen molar-refractivity contribution in [1.82, 2.24) is 9.88 Å². The van der Waals surface area contributed by atoms with Crippen LogP contribution in [0, 0.1) is 11.8 Å². The number of thioether (sulfide) groups is 1. The Hall–Kier alpha value is -0.720. The van der Waals surface area contributed by atoms with Gasteiger partial charge in [-0.25, -0.2) is 4.98 Å². The summed E-state index contributed by atoms with van der Waals surface area (Å²) in [5.74, 6) is -2.58. The number of ether oxygens (including phenoxy) is 1. The third-order valence-corrected chi connectivity index (χ3v) is 6.79. The van der Waals surface area contributed by atoms with Crippen LogP contribution in [-0.4, -0.2) is 57.3 Å². The number of nitrogens with zero attached hydrogens (tertiary/aromatic N) is 2. The molecule has 0 bridgehead atoms. The van der Waals surface area contributed by atoms with Crippen LogP contribution in [0.4, 0.5) is 0 Å².